The molecular formula is C13H21F3N2O. The first-order chi connectivity index (χ1) is 8.87. The summed E-state index contributed by atoms with van der Waals surface area (Å²) in [5.41, 5.74) is 1.19. The van der Waals surface area contributed by atoms with Crippen LogP contribution < -0.4 is 0 Å². The summed E-state index contributed by atoms with van der Waals surface area (Å²) in [5, 5.41) is 9.81. The molecule has 2 aliphatic rings. The van der Waals surface area contributed by atoms with Crippen molar-refractivity contribution in [2.24, 2.45) is 0 Å². The molecule has 1 N–H and O–H groups in total. The molecule has 0 spiro atoms. The van der Waals surface area contributed by atoms with E-state index in [1.807, 2.05) is 7.05 Å². The lowest BCUT2D eigenvalue weighted by Crippen LogP contribution is -2.43. The van der Waals surface area contributed by atoms with Crippen molar-refractivity contribution < 1.29 is 18.3 Å². The zero-order valence-electron chi connectivity index (χ0n) is 11.2. The van der Waals surface area contributed by atoms with Crippen molar-refractivity contribution in [2.45, 2.75) is 44.1 Å². The highest BCUT2D eigenvalue weighted by atomic mass is 19.4. The van der Waals surface area contributed by atoms with E-state index in [0.29, 0.717) is 6.54 Å². The molecule has 0 aromatic heterocycles. The average Bonchev–Trinajstić information content (AvgIpc) is 2.76. The number of nitrogens with zero attached hydrogens (tertiary/aromatic N) is 2. The maximum atomic E-state index is 12.4. The van der Waals surface area contributed by atoms with Crippen molar-refractivity contribution in [2.75, 3.05) is 26.7 Å². The highest BCUT2D eigenvalue weighted by Gasteiger charge is 2.39. The third kappa shape index (κ3) is 3.94. The van der Waals surface area contributed by atoms with E-state index >= 15 is 0 Å². The summed E-state index contributed by atoms with van der Waals surface area (Å²) in [6.45, 7) is 2.33. The molecule has 0 saturated carbocycles. The second-order valence-electron chi connectivity index (χ2n) is 5.49. The van der Waals surface area contributed by atoms with Gasteiger partial charge in [0, 0.05) is 25.7 Å². The van der Waals surface area contributed by atoms with E-state index in [9.17, 15) is 18.3 Å². The van der Waals surface area contributed by atoms with E-state index in [-0.39, 0.29) is 6.04 Å². The quantitative estimate of drug-likeness (QED) is 0.800. The van der Waals surface area contributed by atoms with Crippen molar-refractivity contribution in [1.29, 1.82) is 0 Å². The van der Waals surface area contributed by atoms with Crippen molar-refractivity contribution >= 4 is 0 Å². The fraction of sp³-hybridized carbons (Fsp3) is 0.846. The predicted molar refractivity (Wildman–Crippen MR) is 66.6 cm³/mol. The molecule has 19 heavy (non-hydrogen) atoms. The number of aliphatic hydroxyl groups is 1. The maximum Gasteiger partial charge on any atom is 0.392 e. The first-order valence-corrected chi connectivity index (χ1v) is 6.75. The van der Waals surface area contributed by atoms with Gasteiger partial charge in [-0.05, 0) is 26.3 Å². The molecule has 6 heteroatoms. The van der Waals surface area contributed by atoms with Gasteiger partial charge in [-0.2, -0.15) is 13.2 Å². The molecule has 2 heterocycles. The van der Waals surface area contributed by atoms with Gasteiger partial charge in [0.05, 0.1) is 6.42 Å². The van der Waals surface area contributed by atoms with E-state index in [1.54, 1.807) is 4.90 Å². The van der Waals surface area contributed by atoms with Gasteiger partial charge in [-0.3, -0.25) is 4.90 Å². The monoisotopic (exact) mass is 278 g/mol. The van der Waals surface area contributed by atoms with Crippen molar-refractivity contribution in [3.63, 3.8) is 0 Å². The summed E-state index contributed by atoms with van der Waals surface area (Å²) in [4.78, 5) is 3.79. The van der Waals surface area contributed by atoms with Gasteiger partial charge in [0.25, 0.3) is 0 Å². The van der Waals surface area contributed by atoms with Crippen LogP contribution in [0.25, 0.3) is 0 Å². The summed E-state index contributed by atoms with van der Waals surface area (Å²) < 4.78 is 37.1. The number of halogens is 3. The Labute approximate surface area is 111 Å². The summed E-state index contributed by atoms with van der Waals surface area (Å²) in [7, 11) is 2.03. The smallest absolute Gasteiger partial charge is 0.378 e. The SMILES string of the molecule is CN1CC=C([C@@H]2CCCN2C(O)CC(F)(F)F)CC1. The van der Waals surface area contributed by atoms with Crippen molar-refractivity contribution in [3.8, 4) is 0 Å². The van der Waals surface area contributed by atoms with Crippen LogP contribution in [-0.4, -0.2) is 60.0 Å². The van der Waals surface area contributed by atoms with Gasteiger partial charge in [-0.1, -0.05) is 11.6 Å². The summed E-state index contributed by atoms with van der Waals surface area (Å²) in [5.74, 6) is 0. The average molecular weight is 278 g/mol. The van der Waals surface area contributed by atoms with Gasteiger partial charge < -0.3 is 10.0 Å². The van der Waals surface area contributed by atoms with Gasteiger partial charge in [0.2, 0.25) is 0 Å². The summed E-state index contributed by atoms with van der Waals surface area (Å²) >= 11 is 0. The third-order valence-corrected chi connectivity index (χ3v) is 3.97. The van der Waals surface area contributed by atoms with Crippen LogP contribution in [0.5, 0.6) is 0 Å². The minimum atomic E-state index is -4.31. The number of hydrogen-bond donors (Lipinski definition) is 1. The summed E-state index contributed by atoms with van der Waals surface area (Å²) in [6.07, 6.45) is -2.17. The van der Waals surface area contributed by atoms with Crippen LogP contribution in [0, 0.1) is 0 Å². The summed E-state index contributed by atoms with van der Waals surface area (Å²) in [6, 6.07) is -0.00829. The van der Waals surface area contributed by atoms with Gasteiger partial charge >= 0.3 is 6.18 Å². The van der Waals surface area contributed by atoms with Crippen LogP contribution >= 0.6 is 0 Å². The lowest BCUT2D eigenvalue weighted by molar-refractivity contribution is -0.174. The van der Waals surface area contributed by atoms with Crippen LogP contribution in [0.4, 0.5) is 13.2 Å². The third-order valence-electron chi connectivity index (χ3n) is 3.97. The molecular weight excluding hydrogens is 257 g/mol. The van der Waals surface area contributed by atoms with Crippen LogP contribution in [0.2, 0.25) is 0 Å². The number of likely N-dealkylation sites (N-methyl/N-ethyl adjacent to an activating group) is 1. The standard InChI is InChI=1S/C13H21F3N2O/c1-17-7-4-10(5-8-17)11-3-2-6-18(11)12(19)9-13(14,15)16/h4,11-12,19H,2-3,5-9H2,1H3/t11-,12?/m0/s1. The molecule has 0 radical (unpaired) electrons. The molecule has 0 aromatic carbocycles. The normalized spacial score (nSPS) is 28.5. The molecule has 2 rings (SSSR count). The molecule has 1 saturated heterocycles. The van der Waals surface area contributed by atoms with Crippen LogP contribution in [0.3, 0.4) is 0 Å². The van der Waals surface area contributed by atoms with E-state index in [1.165, 1.54) is 5.57 Å². The zero-order valence-corrected chi connectivity index (χ0v) is 11.2. The fourth-order valence-corrected chi connectivity index (χ4v) is 2.96. The number of rotatable bonds is 3. The van der Waals surface area contributed by atoms with Crippen LogP contribution in [0.1, 0.15) is 25.7 Å². The Morgan fingerprint density at radius 2 is 2.16 bits per heavy atom. The lowest BCUT2D eigenvalue weighted by atomic mass is 9.98. The van der Waals surface area contributed by atoms with Gasteiger partial charge in [-0.25, -0.2) is 0 Å². The fourth-order valence-electron chi connectivity index (χ4n) is 2.96. The number of hydrogen-bond acceptors (Lipinski definition) is 3. The van der Waals surface area contributed by atoms with Gasteiger partial charge in [0.1, 0.15) is 6.23 Å². The Bertz CT molecular complexity index is 343. The predicted octanol–water partition coefficient (Wildman–Crippen LogP) is 1.98. The van der Waals surface area contributed by atoms with Gasteiger partial charge in [-0.15, -0.1) is 0 Å². The number of alkyl halides is 3. The molecule has 0 amide bonds. The maximum absolute atomic E-state index is 12.4. The number of likely N-dealkylation sites (tertiary alicyclic amines) is 1. The van der Waals surface area contributed by atoms with E-state index in [0.717, 1.165) is 32.4 Å². The first-order valence-electron chi connectivity index (χ1n) is 6.75. The Hall–Kier alpha value is -0.590. The second kappa shape index (κ2) is 5.81. The second-order valence-corrected chi connectivity index (χ2v) is 5.49. The Kier molecular flexibility index (Phi) is 4.53. The minimum Gasteiger partial charge on any atom is -0.378 e. The molecule has 2 aliphatic heterocycles. The zero-order chi connectivity index (χ0) is 14.0. The molecule has 3 nitrogen and oxygen atoms in total. The largest absolute Gasteiger partial charge is 0.392 e. The first kappa shape index (κ1) is 14.8. The van der Waals surface area contributed by atoms with E-state index in [2.05, 4.69) is 11.0 Å². The lowest BCUT2D eigenvalue weighted by Gasteiger charge is -2.34. The van der Waals surface area contributed by atoms with E-state index in [4.69, 9.17) is 0 Å². The van der Waals surface area contributed by atoms with Crippen molar-refractivity contribution in [1.82, 2.24) is 9.80 Å². The molecule has 110 valence electrons. The Morgan fingerprint density at radius 3 is 2.74 bits per heavy atom. The highest BCUT2D eigenvalue weighted by Crippen LogP contribution is 2.32. The molecule has 0 aliphatic carbocycles. The van der Waals surface area contributed by atoms with Crippen molar-refractivity contribution in [3.05, 3.63) is 11.6 Å². The molecule has 0 aromatic rings. The Morgan fingerprint density at radius 1 is 1.42 bits per heavy atom. The molecule has 1 fully saturated rings. The topological polar surface area (TPSA) is 26.7 Å². The Balaban J connectivity index is 2.00. The minimum absolute atomic E-state index is 0.00829. The van der Waals surface area contributed by atoms with E-state index < -0.39 is 18.8 Å². The molecule has 0 bridgehead atoms. The number of aliphatic hydroxyl groups excluding tert-OH is 1. The van der Waals surface area contributed by atoms with Gasteiger partial charge in [0.15, 0.2) is 0 Å². The molecule has 2 atom stereocenters. The molecule has 1 unspecified atom stereocenters. The highest BCUT2D eigenvalue weighted by molar-refractivity contribution is 5.16. The van der Waals surface area contributed by atoms with Crippen LogP contribution in [-0.2, 0) is 0 Å². The van der Waals surface area contributed by atoms with Crippen LogP contribution in [0.15, 0.2) is 11.6 Å².